The largest absolute Gasteiger partial charge is 0.487 e. The number of sulfone groups is 1. The predicted molar refractivity (Wildman–Crippen MR) is 124 cm³/mol. The van der Waals surface area contributed by atoms with Crippen molar-refractivity contribution in [2.45, 2.75) is 68.7 Å². The van der Waals surface area contributed by atoms with Gasteiger partial charge >= 0.3 is 0 Å². The number of ether oxygens (including phenoxy) is 2. The summed E-state index contributed by atoms with van der Waals surface area (Å²) in [5, 5.41) is 13.7. The molecule has 4 unspecified atom stereocenters. The van der Waals surface area contributed by atoms with Crippen LogP contribution >= 0.6 is 0 Å². The third kappa shape index (κ3) is 4.65. The smallest absolute Gasteiger partial charge is 0.174 e. The monoisotopic (exact) mass is 457 g/mol. The second kappa shape index (κ2) is 8.36. The van der Waals surface area contributed by atoms with Gasteiger partial charge in [-0.3, -0.25) is 0 Å². The van der Waals surface area contributed by atoms with Gasteiger partial charge < -0.3 is 19.9 Å². The molecular formula is C25H31NO5S. The van der Waals surface area contributed by atoms with Crippen LogP contribution in [0, 0.1) is 0 Å². The highest BCUT2D eigenvalue weighted by atomic mass is 32.2. The van der Waals surface area contributed by atoms with Crippen molar-refractivity contribution in [2.24, 2.45) is 0 Å². The van der Waals surface area contributed by atoms with Gasteiger partial charge in [-0.2, -0.15) is 0 Å². The van der Waals surface area contributed by atoms with Crippen molar-refractivity contribution in [3.05, 3.63) is 58.7 Å². The van der Waals surface area contributed by atoms with Gasteiger partial charge in [0.25, 0.3) is 0 Å². The number of aliphatic hydroxyl groups excluding tert-OH is 1. The summed E-state index contributed by atoms with van der Waals surface area (Å²) in [5.74, 6) is 1.49. The highest BCUT2D eigenvalue weighted by Crippen LogP contribution is 2.44. The Morgan fingerprint density at radius 3 is 2.69 bits per heavy atom. The number of rotatable bonds is 5. The molecule has 2 aliphatic heterocycles. The molecule has 2 aromatic carbocycles. The third-order valence-corrected chi connectivity index (χ3v) is 7.91. The van der Waals surface area contributed by atoms with Crippen LogP contribution in [-0.4, -0.2) is 44.0 Å². The summed E-state index contributed by atoms with van der Waals surface area (Å²) in [5.41, 5.74) is 4.81. The zero-order valence-corrected chi connectivity index (χ0v) is 19.4. The molecule has 2 aromatic rings. The molecule has 1 saturated carbocycles. The van der Waals surface area contributed by atoms with E-state index in [1.165, 1.54) is 35.8 Å². The van der Waals surface area contributed by atoms with E-state index < -0.39 is 27.5 Å². The summed E-state index contributed by atoms with van der Waals surface area (Å²) in [6, 6.07) is 12.7. The highest BCUT2D eigenvalue weighted by molar-refractivity contribution is 7.91. The Labute approximate surface area is 189 Å². The first-order chi connectivity index (χ1) is 15.3. The molecule has 2 fully saturated rings. The van der Waals surface area contributed by atoms with Gasteiger partial charge in [0, 0.05) is 19.1 Å². The Kier molecular flexibility index (Phi) is 5.68. The number of hydrogen-bond acceptors (Lipinski definition) is 6. The van der Waals surface area contributed by atoms with E-state index in [4.69, 9.17) is 9.47 Å². The topological polar surface area (TPSA) is 84.9 Å². The van der Waals surface area contributed by atoms with E-state index in [1.54, 1.807) is 0 Å². The lowest BCUT2D eigenvalue weighted by Gasteiger charge is -2.32. The van der Waals surface area contributed by atoms with Crippen molar-refractivity contribution >= 4 is 15.5 Å². The number of fused-ring (bicyclic) bond motifs is 1. The summed E-state index contributed by atoms with van der Waals surface area (Å²) in [7, 11) is -3.38. The maximum Gasteiger partial charge on any atom is 0.174 e. The molecule has 6 nitrogen and oxygen atoms in total. The lowest BCUT2D eigenvalue weighted by atomic mass is 9.91. The van der Waals surface area contributed by atoms with Crippen LogP contribution in [0.3, 0.4) is 0 Å². The summed E-state index contributed by atoms with van der Waals surface area (Å²) >= 11 is 0. The molecule has 0 aromatic heterocycles. The summed E-state index contributed by atoms with van der Waals surface area (Å²) in [6.07, 6.45) is 3.96. The van der Waals surface area contributed by atoms with Crippen LogP contribution < -0.4 is 10.1 Å². The van der Waals surface area contributed by atoms with E-state index in [-0.39, 0.29) is 12.5 Å². The number of hydrogen-bond donors (Lipinski definition) is 2. The Bertz CT molecular complexity index is 1110. The van der Waals surface area contributed by atoms with Gasteiger partial charge in [0.05, 0.1) is 24.4 Å². The fraction of sp³-hybridized carbons (Fsp3) is 0.520. The van der Waals surface area contributed by atoms with Gasteiger partial charge in [0.15, 0.2) is 15.3 Å². The van der Waals surface area contributed by atoms with E-state index >= 15 is 0 Å². The minimum atomic E-state index is -3.38. The van der Waals surface area contributed by atoms with Gasteiger partial charge in [-0.1, -0.05) is 24.3 Å². The molecule has 32 heavy (non-hydrogen) atoms. The Morgan fingerprint density at radius 1 is 1.12 bits per heavy atom. The van der Waals surface area contributed by atoms with Crippen LogP contribution in [-0.2, 0) is 21.0 Å². The number of anilines is 1. The van der Waals surface area contributed by atoms with Crippen LogP contribution in [0.1, 0.15) is 66.9 Å². The SMILES string of the molecule is CC1CNc2cc(Cc3cc(C4CC(O)CC(S(C)(=O)=O)O4)ccc3C3CC3)ccc2O1. The van der Waals surface area contributed by atoms with Gasteiger partial charge in [-0.05, 0) is 66.5 Å². The van der Waals surface area contributed by atoms with Crippen LogP contribution in [0.15, 0.2) is 36.4 Å². The minimum absolute atomic E-state index is 0.130. The van der Waals surface area contributed by atoms with Crippen LogP contribution in [0.5, 0.6) is 5.75 Å². The molecule has 5 rings (SSSR count). The first kappa shape index (κ1) is 21.7. The van der Waals surface area contributed by atoms with Gasteiger partial charge in [-0.15, -0.1) is 0 Å². The quantitative estimate of drug-likeness (QED) is 0.708. The molecule has 3 aliphatic rings. The zero-order chi connectivity index (χ0) is 22.5. The summed E-state index contributed by atoms with van der Waals surface area (Å²) in [4.78, 5) is 0. The van der Waals surface area contributed by atoms with Crippen molar-refractivity contribution in [1.29, 1.82) is 0 Å². The van der Waals surface area contributed by atoms with E-state index in [9.17, 15) is 13.5 Å². The Morgan fingerprint density at radius 2 is 1.94 bits per heavy atom. The normalized spacial score (nSPS) is 27.8. The maximum absolute atomic E-state index is 12.1. The molecule has 2 heterocycles. The number of benzene rings is 2. The average Bonchev–Trinajstić information content (AvgIpc) is 3.58. The molecule has 2 N–H and O–H groups in total. The Balaban J connectivity index is 1.43. The molecule has 0 amide bonds. The lowest BCUT2D eigenvalue weighted by Crippen LogP contribution is -2.36. The van der Waals surface area contributed by atoms with Crippen molar-refractivity contribution in [1.82, 2.24) is 0 Å². The fourth-order valence-electron chi connectivity index (χ4n) is 4.78. The zero-order valence-electron chi connectivity index (χ0n) is 18.6. The van der Waals surface area contributed by atoms with Crippen molar-refractivity contribution in [3.63, 3.8) is 0 Å². The minimum Gasteiger partial charge on any atom is -0.487 e. The van der Waals surface area contributed by atoms with E-state index in [0.29, 0.717) is 12.3 Å². The average molecular weight is 458 g/mol. The molecule has 1 saturated heterocycles. The maximum atomic E-state index is 12.1. The summed E-state index contributed by atoms with van der Waals surface area (Å²) < 4.78 is 35.9. The molecular weight excluding hydrogens is 426 g/mol. The first-order valence-electron chi connectivity index (χ1n) is 11.4. The first-order valence-corrected chi connectivity index (χ1v) is 13.4. The Hall–Kier alpha value is -2.09. The van der Waals surface area contributed by atoms with Crippen molar-refractivity contribution in [3.8, 4) is 5.75 Å². The van der Waals surface area contributed by atoms with Crippen molar-refractivity contribution < 1.29 is 23.0 Å². The molecule has 7 heteroatoms. The second-order valence-corrected chi connectivity index (χ2v) is 11.7. The van der Waals surface area contributed by atoms with Crippen LogP contribution in [0.4, 0.5) is 5.69 Å². The molecule has 0 bridgehead atoms. The standard InChI is InChI=1S/C25H31NO5S/c1-15-14-26-22-10-16(3-8-23(22)30-15)9-19-11-18(6-7-21(19)17-4-5-17)24-12-20(27)13-25(31-24)32(2,28)29/h3,6-8,10-11,15,17,20,24-27H,4-5,9,12-14H2,1-2H3. The van der Waals surface area contributed by atoms with Gasteiger partial charge in [-0.25, -0.2) is 8.42 Å². The second-order valence-electron chi connectivity index (χ2n) is 9.56. The third-order valence-electron chi connectivity index (χ3n) is 6.65. The van der Waals surface area contributed by atoms with Gasteiger partial charge in [0.2, 0.25) is 0 Å². The molecule has 0 spiro atoms. The number of aliphatic hydroxyl groups is 1. The summed E-state index contributed by atoms with van der Waals surface area (Å²) in [6.45, 7) is 2.85. The molecule has 172 valence electrons. The predicted octanol–water partition coefficient (Wildman–Crippen LogP) is 3.93. The molecule has 0 radical (unpaired) electrons. The van der Waals surface area contributed by atoms with Crippen LogP contribution in [0.25, 0.3) is 0 Å². The van der Waals surface area contributed by atoms with E-state index in [0.717, 1.165) is 30.0 Å². The number of nitrogens with one attached hydrogen (secondary N) is 1. The van der Waals surface area contributed by atoms with E-state index in [1.807, 2.05) is 12.1 Å². The van der Waals surface area contributed by atoms with Crippen LogP contribution in [0.2, 0.25) is 0 Å². The van der Waals surface area contributed by atoms with E-state index in [2.05, 4.69) is 36.5 Å². The molecule has 4 atom stereocenters. The van der Waals surface area contributed by atoms with Crippen molar-refractivity contribution in [2.75, 3.05) is 18.1 Å². The lowest BCUT2D eigenvalue weighted by molar-refractivity contribution is -0.0641. The van der Waals surface area contributed by atoms with Gasteiger partial charge in [0.1, 0.15) is 11.9 Å². The molecule has 1 aliphatic carbocycles. The fourth-order valence-corrected chi connectivity index (χ4v) is 5.69. The highest BCUT2D eigenvalue weighted by Gasteiger charge is 2.35.